The van der Waals surface area contributed by atoms with Crippen molar-refractivity contribution in [2.24, 2.45) is 0 Å². The molecule has 0 spiro atoms. The van der Waals surface area contributed by atoms with Gasteiger partial charge in [0, 0.05) is 6.42 Å². The molecule has 2 heteroatoms. The van der Waals surface area contributed by atoms with Crippen LogP contribution in [-0.2, 0) is 4.79 Å². The standard InChI is InChI=1S/C20H36O2/c1-2-3-4-5-6-7-8-9-10-11-12-13-14-15-16-17-18-19-20(21)22/h3-4,8-9H,2,5-7,10-19H2,1H3,(H,21,22). The van der Waals surface area contributed by atoms with Crippen LogP contribution in [0, 0.1) is 0 Å². The largest absolute Gasteiger partial charge is 0.481 e. The van der Waals surface area contributed by atoms with Gasteiger partial charge < -0.3 is 5.11 Å². The minimum Gasteiger partial charge on any atom is -0.481 e. The Bertz CT molecular complexity index is 292. The zero-order valence-electron chi connectivity index (χ0n) is 14.6. The van der Waals surface area contributed by atoms with E-state index in [1.807, 2.05) is 0 Å². The van der Waals surface area contributed by atoms with Crippen molar-refractivity contribution in [2.45, 2.75) is 96.8 Å². The highest BCUT2D eigenvalue weighted by atomic mass is 16.4. The van der Waals surface area contributed by atoms with Gasteiger partial charge in [-0.25, -0.2) is 0 Å². The summed E-state index contributed by atoms with van der Waals surface area (Å²) >= 11 is 0. The molecule has 0 amide bonds. The van der Waals surface area contributed by atoms with Gasteiger partial charge in [0.05, 0.1) is 0 Å². The Labute approximate surface area is 137 Å². The zero-order chi connectivity index (χ0) is 16.3. The van der Waals surface area contributed by atoms with Crippen molar-refractivity contribution in [1.82, 2.24) is 0 Å². The molecule has 0 radical (unpaired) electrons. The number of carboxylic acids is 1. The van der Waals surface area contributed by atoms with E-state index in [9.17, 15) is 4.79 Å². The second-order valence-electron chi connectivity index (χ2n) is 6.04. The zero-order valence-corrected chi connectivity index (χ0v) is 14.6. The van der Waals surface area contributed by atoms with Gasteiger partial charge >= 0.3 is 5.97 Å². The molecule has 0 atom stereocenters. The summed E-state index contributed by atoms with van der Waals surface area (Å²) in [5.41, 5.74) is 0. The number of aliphatic carboxylic acids is 1. The normalized spacial score (nSPS) is 11.7. The van der Waals surface area contributed by atoms with Gasteiger partial charge in [-0.3, -0.25) is 4.79 Å². The maximum absolute atomic E-state index is 10.4. The van der Waals surface area contributed by atoms with E-state index in [4.69, 9.17) is 5.11 Å². The highest BCUT2D eigenvalue weighted by molar-refractivity contribution is 5.66. The van der Waals surface area contributed by atoms with E-state index in [0.29, 0.717) is 6.42 Å². The van der Waals surface area contributed by atoms with E-state index in [1.54, 1.807) is 0 Å². The molecular formula is C20H36O2. The van der Waals surface area contributed by atoms with Crippen molar-refractivity contribution in [3.8, 4) is 0 Å². The first-order valence-electron chi connectivity index (χ1n) is 9.29. The molecule has 2 nitrogen and oxygen atoms in total. The highest BCUT2D eigenvalue weighted by Gasteiger charge is 1.96. The Kier molecular flexibility index (Phi) is 17.1. The van der Waals surface area contributed by atoms with Crippen molar-refractivity contribution < 1.29 is 9.90 Å². The van der Waals surface area contributed by atoms with Crippen molar-refractivity contribution in [3.63, 3.8) is 0 Å². The van der Waals surface area contributed by atoms with Crippen LogP contribution in [0.1, 0.15) is 96.8 Å². The van der Waals surface area contributed by atoms with Crippen LogP contribution in [0.4, 0.5) is 0 Å². The highest BCUT2D eigenvalue weighted by Crippen LogP contribution is 2.11. The topological polar surface area (TPSA) is 37.3 Å². The quantitative estimate of drug-likeness (QED) is 0.255. The Morgan fingerprint density at radius 2 is 1.14 bits per heavy atom. The fourth-order valence-corrected chi connectivity index (χ4v) is 2.47. The third-order valence-corrected chi connectivity index (χ3v) is 3.82. The summed E-state index contributed by atoms with van der Waals surface area (Å²) < 4.78 is 0. The first-order chi connectivity index (χ1) is 10.8. The number of hydrogen-bond acceptors (Lipinski definition) is 1. The summed E-state index contributed by atoms with van der Waals surface area (Å²) in [6.45, 7) is 2.18. The van der Waals surface area contributed by atoms with E-state index in [2.05, 4.69) is 31.2 Å². The van der Waals surface area contributed by atoms with Crippen molar-refractivity contribution in [3.05, 3.63) is 24.3 Å². The monoisotopic (exact) mass is 308 g/mol. The summed E-state index contributed by atoms with van der Waals surface area (Å²) in [5.74, 6) is -0.662. The summed E-state index contributed by atoms with van der Waals surface area (Å²) in [5, 5.41) is 8.53. The van der Waals surface area contributed by atoms with Crippen LogP contribution >= 0.6 is 0 Å². The van der Waals surface area contributed by atoms with Gasteiger partial charge in [-0.15, -0.1) is 0 Å². The van der Waals surface area contributed by atoms with Gasteiger partial charge in [-0.2, -0.15) is 0 Å². The van der Waals surface area contributed by atoms with Gasteiger partial charge in [0.15, 0.2) is 0 Å². The molecule has 0 rings (SSSR count). The Morgan fingerprint density at radius 1 is 0.682 bits per heavy atom. The summed E-state index contributed by atoms with van der Waals surface area (Å²) in [4.78, 5) is 10.4. The molecule has 0 aromatic rings. The number of allylic oxidation sites excluding steroid dienone is 4. The lowest BCUT2D eigenvalue weighted by Gasteiger charge is -2.00. The Hall–Kier alpha value is -1.05. The maximum Gasteiger partial charge on any atom is 0.303 e. The fourth-order valence-electron chi connectivity index (χ4n) is 2.47. The molecule has 128 valence electrons. The van der Waals surface area contributed by atoms with Gasteiger partial charge in [-0.1, -0.05) is 69.8 Å². The predicted octanol–water partition coefficient (Wildman–Crippen LogP) is 6.66. The van der Waals surface area contributed by atoms with Crippen LogP contribution < -0.4 is 0 Å². The van der Waals surface area contributed by atoms with E-state index in [1.165, 1.54) is 64.2 Å². The van der Waals surface area contributed by atoms with Crippen LogP contribution in [0.5, 0.6) is 0 Å². The number of carboxylic acid groups (broad SMARTS) is 1. The summed E-state index contributed by atoms with van der Waals surface area (Å²) in [6.07, 6.45) is 25.3. The second kappa shape index (κ2) is 18.0. The number of hydrogen-bond donors (Lipinski definition) is 1. The Morgan fingerprint density at radius 3 is 1.68 bits per heavy atom. The molecule has 0 fully saturated rings. The SMILES string of the molecule is CCC=CCCCC=CCCCCCCCCCCC(=O)O. The molecule has 0 aliphatic rings. The van der Waals surface area contributed by atoms with Crippen molar-refractivity contribution in [1.29, 1.82) is 0 Å². The first kappa shape index (κ1) is 20.9. The molecule has 0 saturated heterocycles. The van der Waals surface area contributed by atoms with Crippen molar-refractivity contribution in [2.75, 3.05) is 0 Å². The lowest BCUT2D eigenvalue weighted by Crippen LogP contribution is -1.93. The molecule has 22 heavy (non-hydrogen) atoms. The van der Waals surface area contributed by atoms with E-state index in [-0.39, 0.29) is 0 Å². The molecule has 0 heterocycles. The lowest BCUT2D eigenvalue weighted by molar-refractivity contribution is -0.137. The third kappa shape index (κ3) is 18.9. The second-order valence-corrected chi connectivity index (χ2v) is 6.04. The number of unbranched alkanes of at least 4 members (excludes halogenated alkanes) is 10. The van der Waals surface area contributed by atoms with Gasteiger partial charge in [0.25, 0.3) is 0 Å². The average Bonchev–Trinajstić information content (AvgIpc) is 2.50. The average molecular weight is 309 g/mol. The van der Waals surface area contributed by atoms with Crippen LogP contribution in [0.3, 0.4) is 0 Å². The predicted molar refractivity (Wildman–Crippen MR) is 96.2 cm³/mol. The first-order valence-corrected chi connectivity index (χ1v) is 9.29. The molecule has 0 unspecified atom stereocenters. The minimum absolute atomic E-state index is 0.335. The Balaban J connectivity index is 3.10. The fraction of sp³-hybridized carbons (Fsp3) is 0.750. The van der Waals surface area contributed by atoms with Crippen LogP contribution in [0.25, 0.3) is 0 Å². The van der Waals surface area contributed by atoms with Crippen LogP contribution in [-0.4, -0.2) is 11.1 Å². The van der Waals surface area contributed by atoms with Gasteiger partial charge in [-0.05, 0) is 44.9 Å². The smallest absolute Gasteiger partial charge is 0.303 e. The lowest BCUT2D eigenvalue weighted by atomic mass is 10.1. The summed E-state index contributed by atoms with van der Waals surface area (Å²) in [7, 11) is 0. The van der Waals surface area contributed by atoms with Crippen LogP contribution in [0.15, 0.2) is 24.3 Å². The minimum atomic E-state index is -0.662. The van der Waals surface area contributed by atoms with Gasteiger partial charge in [0.2, 0.25) is 0 Å². The number of carbonyl (C=O) groups is 1. The molecule has 0 aliphatic heterocycles. The third-order valence-electron chi connectivity index (χ3n) is 3.82. The molecule has 0 bridgehead atoms. The summed E-state index contributed by atoms with van der Waals surface area (Å²) in [6, 6.07) is 0. The maximum atomic E-state index is 10.4. The molecule has 0 aromatic carbocycles. The molecule has 0 saturated carbocycles. The number of rotatable bonds is 16. The molecule has 0 aromatic heterocycles. The van der Waals surface area contributed by atoms with E-state index >= 15 is 0 Å². The van der Waals surface area contributed by atoms with Crippen LogP contribution in [0.2, 0.25) is 0 Å². The van der Waals surface area contributed by atoms with E-state index < -0.39 is 5.97 Å². The molecule has 0 aliphatic carbocycles. The van der Waals surface area contributed by atoms with E-state index in [0.717, 1.165) is 19.3 Å². The molecule has 1 N–H and O–H groups in total. The molecular weight excluding hydrogens is 272 g/mol. The van der Waals surface area contributed by atoms with Gasteiger partial charge in [0.1, 0.15) is 0 Å². The van der Waals surface area contributed by atoms with Crippen molar-refractivity contribution >= 4 is 5.97 Å².